The van der Waals surface area contributed by atoms with Crippen molar-refractivity contribution in [2.45, 2.75) is 18.6 Å². The lowest BCUT2D eigenvalue weighted by Gasteiger charge is -2.12. The lowest BCUT2D eigenvalue weighted by Crippen LogP contribution is -2.31. The van der Waals surface area contributed by atoms with Crippen molar-refractivity contribution >= 4 is 11.5 Å². The summed E-state index contributed by atoms with van der Waals surface area (Å²) in [6, 6.07) is 1.53. The number of carbonyl (C=O) groups is 1. The molecule has 3 heterocycles. The predicted molar refractivity (Wildman–Crippen MR) is 65.8 cm³/mol. The summed E-state index contributed by atoms with van der Waals surface area (Å²) in [5.41, 5.74) is 0.809. The molecule has 19 heavy (non-hydrogen) atoms. The minimum Gasteiger partial charge on any atom is -0.471 e. The zero-order chi connectivity index (χ0) is 13.2. The summed E-state index contributed by atoms with van der Waals surface area (Å²) in [5, 5.41) is 7.19. The van der Waals surface area contributed by atoms with E-state index in [0.29, 0.717) is 18.8 Å². The molecule has 7 heteroatoms. The van der Waals surface area contributed by atoms with Crippen molar-refractivity contribution < 1.29 is 14.3 Å². The molecule has 7 nitrogen and oxygen atoms in total. The number of hydrogen-bond donors (Lipinski definition) is 1. The van der Waals surface area contributed by atoms with Gasteiger partial charge in [0.25, 0.3) is 0 Å². The predicted octanol–water partition coefficient (Wildman–Crippen LogP) is 0.0116. The van der Waals surface area contributed by atoms with Crippen molar-refractivity contribution in [2.75, 3.05) is 13.7 Å². The van der Waals surface area contributed by atoms with Crippen LogP contribution in [0.2, 0.25) is 0 Å². The van der Waals surface area contributed by atoms with E-state index in [1.54, 1.807) is 23.1 Å². The van der Waals surface area contributed by atoms with E-state index >= 15 is 0 Å². The Kier molecular flexibility index (Phi) is 3.04. The number of nitrogens with one attached hydrogen (secondary N) is 1. The minimum atomic E-state index is -0.306. The minimum absolute atomic E-state index is 0.0994. The fourth-order valence-electron chi connectivity index (χ4n) is 2.20. The van der Waals surface area contributed by atoms with E-state index in [9.17, 15) is 4.79 Å². The molecule has 0 bridgehead atoms. The Labute approximate surface area is 109 Å². The molecule has 0 radical (unpaired) electrons. The molecule has 2 atom stereocenters. The van der Waals surface area contributed by atoms with Gasteiger partial charge >= 0.3 is 5.97 Å². The number of esters is 1. The maximum absolute atomic E-state index is 11.4. The average molecular weight is 262 g/mol. The van der Waals surface area contributed by atoms with Gasteiger partial charge in [-0.25, -0.2) is 9.50 Å². The Morgan fingerprint density at radius 1 is 1.53 bits per heavy atom. The number of nitrogens with zero attached hydrogens (tertiary/aromatic N) is 3. The summed E-state index contributed by atoms with van der Waals surface area (Å²) in [7, 11) is 1.38. The number of rotatable bonds is 3. The topological polar surface area (TPSA) is 77.8 Å². The van der Waals surface area contributed by atoms with Crippen LogP contribution in [-0.2, 0) is 9.53 Å². The smallest absolute Gasteiger partial charge is 0.323 e. The fraction of sp³-hybridized carbons (Fsp3) is 0.417. The van der Waals surface area contributed by atoms with E-state index in [-0.39, 0.29) is 18.1 Å². The standard InChI is InChI=1S/C12H14N4O3/c1-18-12(17)9-6-8(7-14-9)19-11-10-2-3-15-16(10)5-4-13-11/h2-5,8-9,14H,6-7H2,1H3. The average Bonchev–Trinajstić information content (AvgIpc) is 3.07. The number of ether oxygens (including phenoxy) is 2. The SMILES string of the molecule is COC(=O)C1CC(Oc2nccn3nccc23)CN1. The summed E-state index contributed by atoms with van der Waals surface area (Å²) in [6.45, 7) is 0.594. The van der Waals surface area contributed by atoms with Gasteiger partial charge in [-0.05, 0) is 6.07 Å². The largest absolute Gasteiger partial charge is 0.471 e. The first-order valence-electron chi connectivity index (χ1n) is 6.04. The number of fused-ring (bicyclic) bond motifs is 1. The Balaban J connectivity index is 1.73. The highest BCUT2D eigenvalue weighted by Gasteiger charge is 2.31. The third-order valence-corrected chi connectivity index (χ3v) is 3.14. The van der Waals surface area contributed by atoms with Gasteiger partial charge in [-0.3, -0.25) is 4.79 Å². The summed E-state index contributed by atoms with van der Waals surface area (Å²) >= 11 is 0. The van der Waals surface area contributed by atoms with Crippen LogP contribution in [0.4, 0.5) is 0 Å². The molecule has 3 rings (SSSR count). The monoisotopic (exact) mass is 262 g/mol. The van der Waals surface area contributed by atoms with Crippen LogP contribution in [0, 0.1) is 0 Å². The molecule has 0 amide bonds. The van der Waals surface area contributed by atoms with Crippen LogP contribution in [0.3, 0.4) is 0 Å². The second-order valence-electron chi connectivity index (χ2n) is 4.35. The molecule has 2 aromatic rings. The highest BCUT2D eigenvalue weighted by atomic mass is 16.5. The number of methoxy groups -OCH3 is 1. The van der Waals surface area contributed by atoms with E-state index in [1.807, 2.05) is 6.07 Å². The fourth-order valence-corrected chi connectivity index (χ4v) is 2.20. The van der Waals surface area contributed by atoms with E-state index in [1.165, 1.54) is 7.11 Å². The van der Waals surface area contributed by atoms with Crippen molar-refractivity contribution in [1.82, 2.24) is 19.9 Å². The van der Waals surface area contributed by atoms with Gasteiger partial charge in [-0.15, -0.1) is 0 Å². The molecule has 1 aliphatic rings. The number of hydrogen-bond acceptors (Lipinski definition) is 6. The van der Waals surface area contributed by atoms with Crippen LogP contribution in [-0.4, -0.2) is 46.4 Å². The molecule has 0 saturated carbocycles. The molecular weight excluding hydrogens is 248 g/mol. The van der Waals surface area contributed by atoms with Gasteiger partial charge in [0.15, 0.2) is 0 Å². The quantitative estimate of drug-likeness (QED) is 0.785. The first-order chi connectivity index (χ1) is 9.28. The Bertz CT molecular complexity index is 597. The lowest BCUT2D eigenvalue weighted by molar-refractivity contribution is -0.142. The van der Waals surface area contributed by atoms with Gasteiger partial charge in [0.05, 0.1) is 13.3 Å². The second-order valence-corrected chi connectivity index (χ2v) is 4.35. The van der Waals surface area contributed by atoms with Crippen molar-refractivity contribution in [2.24, 2.45) is 0 Å². The van der Waals surface area contributed by atoms with Crippen LogP contribution in [0.5, 0.6) is 5.88 Å². The van der Waals surface area contributed by atoms with Gasteiger partial charge in [-0.2, -0.15) is 5.10 Å². The molecule has 100 valence electrons. The summed E-state index contributed by atoms with van der Waals surface area (Å²) in [6.07, 6.45) is 5.55. The molecule has 1 N–H and O–H groups in total. The van der Waals surface area contributed by atoms with Crippen molar-refractivity contribution in [1.29, 1.82) is 0 Å². The molecule has 1 saturated heterocycles. The van der Waals surface area contributed by atoms with Crippen LogP contribution >= 0.6 is 0 Å². The molecule has 0 aromatic carbocycles. The third kappa shape index (κ3) is 2.24. The Hall–Kier alpha value is -2.15. The third-order valence-electron chi connectivity index (χ3n) is 3.14. The lowest BCUT2D eigenvalue weighted by atomic mass is 10.2. The summed E-state index contributed by atoms with van der Waals surface area (Å²) in [5.74, 6) is 0.263. The Morgan fingerprint density at radius 3 is 3.26 bits per heavy atom. The van der Waals surface area contributed by atoms with Gasteiger partial charge in [0.1, 0.15) is 17.7 Å². The zero-order valence-corrected chi connectivity index (χ0v) is 10.4. The molecule has 0 spiro atoms. The number of carbonyl (C=O) groups excluding carboxylic acids is 1. The van der Waals surface area contributed by atoms with Crippen LogP contribution < -0.4 is 10.1 Å². The summed E-state index contributed by atoms with van der Waals surface area (Å²) in [4.78, 5) is 15.6. The van der Waals surface area contributed by atoms with Gasteiger partial charge in [0.2, 0.25) is 5.88 Å². The molecular formula is C12H14N4O3. The van der Waals surface area contributed by atoms with E-state index < -0.39 is 0 Å². The molecule has 1 fully saturated rings. The van der Waals surface area contributed by atoms with Crippen molar-refractivity contribution in [3.05, 3.63) is 24.7 Å². The zero-order valence-electron chi connectivity index (χ0n) is 10.4. The van der Waals surface area contributed by atoms with Crippen LogP contribution in [0.15, 0.2) is 24.7 Å². The normalized spacial score (nSPS) is 22.6. The maximum atomic E-state index is 11.4. The van der Waals surface area contributed by atoms with E-state index in [0.717, 1.165) is 5.52 Å². The van der Waals surface area contributed by atoms with Crippen molar-refractivity contribution in [3.8, 4) is 5.88 Å². The van der Waals surface area contributed by atoms with Crippen LogP contribution in [0.1, 0.15) is 6.42 Å². The van der Waals surface area contributed by atoms with E-state index in [4.69, 9.17) is 9.47 Å². The van der Waals surface area contributed by atoms with Crippen molar-refractivity contribution in [3.63, 3.8) is 0 Å². The highest BCUT2D eigenvalue weighted by molar-refractivity contribution is 5.76. The first kappa shape index (κ1) is 11.9. The van der Waals surface area contributed by atoms with Crippen LogP contribution in [0.25, 0.3) is 5.52 Å². The highest BCUT2D eigenvalue weighted by Crippen LogP contribution is 2.20. The first-order valence-corrected chi connectivity index (χ1v) is 6.04. The van der Waals surface area contributed by atoms with Gasteiger partial charge in [0, 0.05) is 25.4 Å². The second kappa shape index (κ2) is 4.85. The molecule has 2 aromatic heterocycles. The maximum Gasteiger partial charge on any atom is 0.323 e. The summed E-state index contributed by atoms with van der Waals surface area (Å²) < 4.78 is 12.2. The molecule has 2 unspecified atom stereocenters. The van der Waals surface area contributed by atoms with Gasteiger partial charge < -0.3 is 14.8 Å². The van der Waals surface area contributed by atoms with Gasteiger partial charge in [-0.1, -0.05) is 0 Å². The molecule has 1 aliphatic heterocycles. The molecule has 0 aliphatic carbocycles. The van der Waals surface area contributed by atoms with E-state index in [2.05, 4.69) is 15.4 Å². The Morgan fingerprint density at radius 2 is 2.42 bits per heavy atom. The number of aromatic nitrogens is 3.